The zero-order valence-corrected chi connectivity index (χ0v) is 41.4. The summed E-state index contributed by atoms with van der Waals surface area (Å²) in [4.78, 5) is 0. The average molecular weight is 927 g/mol. The molecule has 1 fully saturated rings. The van der Waals surface area contributed by atoms with Gasteiger partial charge in [0.05, 0.1) is 33.2 Å². The maximum Gasteiger partial charge on any atom is 0.243 e. The summed E-state index contributed by atoms with van der Waals surface area (Å²) in [5.41, 5.74) is 19.5. The third kappa shape index (κ3) is 6.27. The smallest absolute Gasteiger partial charge is 0.187 e. The number of pyridine rings is 2. The van der Waals surface area contributed by atoms with Crippen LogP contribution in [0.15, 0.2) is 225 Å². The van der Waals surface area contributed by atoms with Gasteiger partial charge in [-0.25, -0.2) is 0 Å². The maximum absolute atomic E-state index is 2.80. The van der Waals surface area contributed by atoms with Crippen molar-refractivity contribution in [1.29, 1.82) is 0 Å². The molecule has 14 rings (SSSR count). The Balaban J connectivity index is 0.926. The number of benzene rings is 9. The Hall–Kier alpha value is -7.94. The van der Waals surface area contributed by atoms with Crippen LogP contribution < -0.4 is 9.13 Å². The van der Waals surface area contributed by atoms with E-state index >= 15 is 0 Å². The van der Waals surface area contributed by atoms with Crippen LogP contribution in [0, 0.1) is 5.41 Å². The Morgan fingerprint density at radius 2 is 1.08 bits per heavy atom. The van der Waals surface area contributed by atoms with Crippen molar-refractivity contribution in [2.75, 3.05) is 0 Å². The summed E-state index contributed by atoms with van der Waals surface area (Å²) in [6.45, 7) is 7.35. The molecule has 72 heavy (non-hydrogen) atoms. The van der Waals surface area contributed by atoms with Crippen molar-refractivity contribution >= 4 is 32.3 Å². The highest BCUT2D eigenvalue weighted by atomic mass is 15.2. The van der Waals surface area contributed by atoms with Gasteiger partial charge in [-0.1, -0.05) is 179 Å². The second kappa shape index (κ2) is 16.6. The average Bonchev–Trinajstić information content (AvgIpc) is 4.03. The molecule has 9 aromatic carbocycles. The van der Waals surface area contributed by atoms with Gasteiger partial charge in [-0.05, 0) is 151 Å². The molecule has 0 spiro atoms. The van der Waals surface area contributed by atoms with Crippen LogP contribution >= 0.6 is 0 Å². The van der Waals surface area contributed by atoms with E-state index in [1.807, 2.05) is 0 Å². The molecule has 0 amide bonds. The van der Waals surface area contributed by atoms with E-state index in [1.165, 1.54) is 129 Å². The zero-order chi connectivity index (χ0) is 48.1. The van der Waals surface area contributed by atoms with Crippen LogP contribution in [-0.2, 0) is 18.4 Å². The van der Waals surface area contributed by atoms with E-state index in [9.17, 15) is 0 Å². The van der Waals surface area contributed by atoms with Gasteiger partial charge in [-0.15, -0.1) is 0 Å². The van der Waals surface area contributed by atoms with Gasteiger partial charge in [0.15, 0.2) is 12.4 Å². The largest absolute Gasteiger partial charge is 0.243 e. The Bertz CT molecular complexity index is 3970. The van der Waals surface area contributed by atoms with Gasteiger partial charge >= 0.3 is 0 Å². The van der Waals surface area contributed by atoms with Crippen LogP contribution in [0.4, 0.5) is 0 Å². The molecule has 2 heteroatoms. The molecule has 346 valence electrons. The van der Waals surface area contributed by atoms with E-state index in [0.717, 1.165) is 19.3 Å². The number of fused-ring (bicyclic) bond motifs is 14. The molecule has 11 aromatic rings. The molecular weight excluding hydrogens is 869 g/mol. The summed E-state index contributed by atoms with van der Waals surface area (Å²) in [7, 11) is 0. The van der Waals surface area contributed by atoms with E-state index in [1.54, 1.807) is 0 Å². The highest BCUT2D eigenvalue weighted by Crippen LogP contribution is 2.78. The first-order chi connectivity index (χ1) is 35.5. The lowest BCUT2D eigenvalue weighted by molar-refractivity contribution is -0.826. The minimum atomic E-state index is -0.190. The Kier molecular flexibility index (Phi) is 9.87. The van der Waals surface area contributed by atoms with Crippen molar-refractivity contribution in [2.45, 2.75) is 70.4 Å². The zero-order valence-electron chi connectivity index (χ0n) is 41.4. The minimum absolute atomic E-state index is 0.0241. The molecule has 3 aliphatic rings. The van der Waals surface area contributed by atoms with Crippen LogP contribution in [0.25, 0.3) is 99.3 Å². The number of hydrogen-bond donors (Lipinski definition) is 0. The Labute approximate surface area is 423 Å². The standard InChI is InChI=1S/C70H58N2/c1-4-6-19-47-25-18-33-61-59(47)37-39-72-67(61)62-30-14-15-31-63(62)68-69(3,5-2)70(68,72)65-45-53-35-34-52(44-64(53)66-60-29-13-11-23-49(60)36-38-71(65)66)50-26-16-27-51(40-50)55-41-54(46-20-8-7-9-21-46)42-56(43-55)58-32-17-24-48-22-10-12-28-57(48)58/h7-18,20-44,65,68H,4-6,19,45H2,1-3H3/q+2. The van der Waals surface area contributed by atoms with Gasteiger partial charge < -0.3 is 0 Å². The SMILES string of the molecule is CCCCc1cccc2c3[n+](ccc12)C1(C2Cc4ccc(-c5cccc(-c6cc(-c7ccccc7)cc(-c7cccc8ccccc78)c6)c5)cc4-c4c5ccccc5cc[n+]42)C(c2ccccc2-3)C1(C)CC. The Morgan fingerprint density at radius 1 is 0.458 bits per heavy atom. The number of aryl methyl sites for hydroxylation is 1. The summed E-state index contributed by atoms with van der Waals surface area (Å²) in [5, 5.41) is 7.89. The van der Waals surface area contributed by atoms with Crippen molar-refractivity contribution in [3.63, 3.8) is 0 Å². The predicted molar refractivity (Wildman–Crippen MR) is 299 cm³/mol. The number of aromatic nitrogens is 2. The summed E-state index contributed by atoms with van der Waals surface area (Å²) in [6.07, 6.45) is 10.5. The third-order valence-corrected chi connectivity index (χ3v) is 17.6. The Morgan fingerprint density at radius 3 is 1.92 bits per heavy atom. The quantitative estimate of drug-likeness (QED) is 0.127. The number of unbranched alkanes of at least 4 members (excludes halogenated alkanes) is 1. The molecule has 0 radical (unpaired) electrons. The molecule has 0 saturated heterocycles. The van der Waals surface area contributed by atoms with Gasteiger partial charge in [0, 0.05) is 18.6 Å². The van der Waals surface area contributed by atoms with Crippen LogP contribution in [-0.4, -0.2) is 0 Å². The first-order valence-electron chi connectivity index (χ1n) is 26.4. The lowest BCUT2D eigenvalue weighted by atomic mass is 9.80. The molecular formula is C70H58N2+2. The molecule has 0 N–H and O–H groups in total. The van der Waals surface area contributed by atoms with Crippen molar-refractivity contribution in [3.8, 4) is 67.0 Å². The van der Waals surface area contributed by atoms with Crippen molar-refractivity contribution in [3.05, 3.63) is 241 Å². The fourth-order valence-electron chi connectivity index (χ4n) is 14.1. The lowest BCUT2D eigenvalue weighted by Crippen LogP contribution is -2.65. The molecule has 1 aliphatic carbocycles. The van der Waals surface area contributed by atoms with Gasteiger partial charge in [0.25, 0.3) is 0 Å². The number of hydrogen-bond acceptors (Lipinski definition) is 0. The number of rotatable bonds is 9. The molecule has 4 heterocycles. The third-order valence-electron chi connectivity index (χ3n) is 17.6. The van der Waals surface area contributed by atoms with E-state index in [4.69, 9.17) is 0 Å². The first-order valence-corrected chi connectivity index (χ1v) is 26.4. The number of nitrogens with zero attached hydrogens (tertiary/aromatic N) is 2. The van der Waals surface area contributed by atoms with Gasteiger partial charge in [-0.2, -0.15) is 9.13 Å². The van der Waals surface area contributed by atoms with Crippen molar-refractivity contribution in [2.24, 2.45) is 5.41 Å². The van der Waals surface area contributed by atoms with Crippen LogP contribution in [0.2, 0.25) is 0 Å². The second-order valence-corrected chi connectivity index (χ2v) is 21.2. The van der Waals surface area contributed by atoms with Crippen LogP contribution in [0.5, 0.6) is 0 Å². The van der Waals surface area contributed by atoms with Crippen LogP contribution in [0.1, 0.15) is 68.7 Å². The summed E-state index contributed by atoms with van der Waals surface area (Å²) in [6, 6.07) is 80.6. The molecule has 2 aromatic heterocycles. The van der Waals surface area contributed by atoms with E-state index in [2.05, 4.69) is 255 Å². The fraction of sp³-hybridized carbons (Fsp3) is 0.171. The van der Waals surface area contributed by atoms with Gasteiger partial charge in [-0.3, -0.25) is 0 Å². The fourth-order valence-corrected chi connectivity index (χ4v) is 14.1. The summed E-state index contributed by atoms with van der Waals surface area (Å²) < 4.78 is 5.53. The molecule has 2 nitrogen and oxygen atoms in total. The summed E-state index contributed by atoms with van der Waals surface area (Å²) >= 11 is 0. The van der Waals surface area contributed by atoms with E-state index in [-0.39, 0.29) is 17.0 Å². The molecule has 4 unspecified atom stereocenters. The van der Waals surface area contributed by atoms with Gasteiger partial charge in [0.1, 0.15) is 0 Å². The molecule has 4 atom stereocenters. The monoisotopic (exact) mass is 926 g/mol. The lowest BCUT2D eigenvalue weighted by Gasteiger charge is -2.32. The topological polar surface area (TPSA) is 7.76 Å². The molecule has 1 saturated carbocycles. The minimum Gasteiger partial charge on any atom is -0.187 e. The van der Waals surface area contributed by atoms with Crippen LogP contribution in [0.3, 0.4) is 0 Å². The highest BCUT2D eigenvalue weighted by molar-refractivity contribution is 6.00. The normalized spacial score (nSPS) is 19.3. The first kappa shape index (κ1) is 42.9. The van der Waals surface area contributed by atoms with Crippen molar-refractivity contribution in [1.82, 2.24) is 0 Å². The highest BCUT2D eigenvalue weighted by Gasteiger charge is 2.89. The van der Waals surface area contributed by atoms with E-state index < -0.39 is 0 Å². The maximum atomic E-state index is 2.80. The van der Waals surface area contributed by atoms with E-state index in [0.29, 0.717) is 5.92 Å². The van der Waals surface area contributed by atoms with Crippen molar-refractivity contribution < 1.29 is 9.13 Å². The predicted octanol–water partition coefficient (Wildman–Crippen LogP) is 17.1. The molecule has 2 aliphatic heterocycles. The molecule has 0 bridgehead atoms. The van der Waals surface area contributed by atoms with Gasteiger partial charge in [0.2, 0.25) is 23.0 Å². The second-order valence-electron chi connectivity index (χ2n) is 21.2. The summed E-state index contributed by atoms with van der Waals surface area (Å²) in [5.74, 6) is 0.367.